The SMILES string of the molecule is CC(C(=O)O)C(=O)NCC1CCCCC1CO. The molecule has 0 aromatic rings. The molecule has 0 aromatic carbocycles. The number of carboxylic acids is 1. The van der Waals surface area contributed by atoms with E-state index in [4.69, 9.17) is 5.11 Å². The first-order valence-corrected chi connectivity index (χ1v) is 6.17. The third-order valence-corrected chi connectivity index (χ3v) is 3.60. The van der Waals surface area contributed by atoms with Crippen molar-refractivity contribution in [1.82, 2.24) is 5.32 Å². The molecule has 1 saturated carbocycles. The first-order chi connectivity index (χ1) is 8.06. The number of carbonyl (C=O) groups is 2. The van der Waals surface area contributed by atoms with Crippen molar-refractivity contribution in [3.05, 3.63) is 0 Å². The molecule has 3 unspecified atom stereocenters. The third-order valence-electron chi connectivity index (χ3n) is 3.60. The van der Waals surface area contributed by atoms with E-state index in [1.165, 1.54) is 6.92 Å². The van der Waals surface area contributed by atoms with E-state index in [1.807, 2.05) is 0 Å². The number of aliphatic carboxylic acids is 1. The minimum atomic E-state index is -1.11. The fraction of sp³-hybridized carbons (Fsp3) is 0.833. The second-order valence-electron chi connectivity index (χ2n) is 4.79. The molecule has 0 heterocycles. The first kappa shape index (κ1) is 14.0. The Morgan fingerprint density at radius 2 is 1.88 bits per heavy atom. The van der Waals surface area contributed by atoms with Gasteiger partial charge < -0.3 is 15.5 Å². The molecule has 0 saturated heterocycles. The van der Waals surface area contributed by atoms with Crippen molar-refractivity contribution in [3.63, 3.8) is 0 Å². The Bertz CT molecular complexity index is 280. The molecular weight excluding hydrogens is 222 g/mol. The van der Waals surface area contributed by atoms with Gasteiger partial charge in [-0.3, -0.25) is 9.59 Å². The Kier molecular flexibility index (Phi) is 5.41. The number of hydrogen-bond acceptors (Lipinski definition) is 3. The van der Waals surface area contributed by atoms with Gasteiger partial charge in [-0.1, -0.05) is 12.8 Å². The third kappa shape index (κ3) is 4.00. The summed E-state index contributed by atoms with van der Waals surface area (Å²) in [6.07, 6.45) is 4.23. The largest absolute Gasteiger partial charge is 0.481 e. The van der Waals surface area contributed by atoms with E-state index in [1.54, 1.807) is 0 Å². The average Bonchev–Trinajstić information content (AvgIpc) is 2.35. The highest BCUT2D eigenvalue weighted by molar-refractivity contribution is 5.96. The van der Waals surface area contributed by atoms with Gasteiger partial charge in [0.15, 0.2) is 0 Å². The highest BCUT2D eigenvalue weighted by Crippen LogP contribution is 2.29. The smallest absolute Gasteiger partial charge is 0.315 e. The predicted octanol–water partition coefficient (Wildman–Crippen LogP) is 0.622. The second kappa shape index (κ2) is 6.59. The molecular formula is C12H21NO4. The maximum atomic E-state index is 11.5. The number of aliphatic hydroxyl groups excluding tert-OH is 1. The van der Waals surface area contributed by atoms with E-state index in [9.17, 15) is 14.7 Å². The maximum Gasteiger partial charge on any atom is 0.315 e. The number of carboxylic acid groups (broad SMARTS) is 1. The molecule has 1 aliphatic rings. The van der Waals surface area contributed by atoms with E-state index >= 15 is 0 Å². The molecule has 98 valence electrons. The predicted molar refractivity (Wildman–Crippen MR) is 62.3 cm³/mol. The minimum Gasteiger partial charge on any atom is -0.481 e. The minimum absolute atomic E-state index is 0.148. The van der Waals surface area contributed by atoms with Crippen LogP contribution in [0.2, 0.25) is 0 Å². The average molecular weight is 243 g/mol. The Hall–Kier alpha value is -1.10. The highest BCUT2D eigenvalue weighted by Gasteiger charge is 2.26. The molecule has 0 aliphatic heterocycles. The van der Waals surface area contributed by atoms with Crippen LogP contribution >= 0.6 is 0 Å². The highest BCUT2D eigenvalue weighted by atomic mass is 16.4. The molecule has 1 amide bonds. The topological polar surface area (TPSA) is 86.6 Å². The molecule has 0 bridgehead atoms. The number of aliphatic hydroxyl groups is 1. The molecule has 5 nitrogen and oxygen atoms in total. The molecule has 1 rings (SSSR count). The summed E-state index contributed by atoms with van der Waals surface area (Å²) in [5.74, 6) is -2.04. The molecule has 3 atom stereocenters. The molecule has 0 radical (unpaired) electrons. The number of hydrogen-bond donors (Lipinski definition) is 3. The standard InChI is InChI=1S/C12H21NO4/c1-8(12(16)17)11(15)13-6-9-4-2-3-5-10(9)7-14/h8-10,14H,2-7H2,1H3,(H,13,15)(H,16,17). The van der Waals surface area contributed by atoms with Crippen molar-refractivity contribution >= 4 is 11.9 Å². The summed E-state index contributed by atoms with van der Waals surface area (Å²) in [4.78, 5) is 22.1. The van der Waals surface area contributed by atoms with Gasteiger partial charge in [-0.15, -0.1) is 0 Å². The molecule has 17 heavy (non-hydrogen) atoms. The molecule has 1 aliphatic carbocycles. The molecule has 3 N–H and O–H groups in total. The number of nitrogens with one attached hydrogen (secondary N) is 1. The second-order valence-corrected chi connectivity index (χ2v) is 4.79. The van der Waals surface area contributed by atoms with Crippen molar-refractivity contribution in [1.29, 1.82) is 0 Å². The Balaban J connectivity index is 2.38. The van der Waals surface area contributed by atoms with Crippen LogP contribution in [0.25, 0.3) is 0 Å². The number of rotatable bonds is 5. The van der Waals surface area contributed by atoms with Gasteiger partial charge in [-0.25, -0.2) is 0 Å². The van der Waals surface area contributed by atoms with Gasteiger partial charge in [0.25, 0.3) is 0 Å². The van der Waals surface area contributed by atoms with Crippen molar-refractivity contribution in [3.8, 4) is 0 Å². The lowest BCUT2D eigenvalue weighted by molar-refractivity contribution is -0.146. The van der Waals surface area contributed by atoms with Gasteiger partial charge in [0.2, 0.25) is 5.91 Å². The zero-order valence-electron chi connectivity index (χ0n) is 10.2. The monoisotopic (exact) mass is 243 g/mol. The fourth-order valence-corrected chi connectivity index (χ4v) is 2.29. The quantitative estimate of drug-likeness (QED) is 0.618. The molecule has 5 heteroatoms. The van der Waals surface area contributed by atoms with Crippen LogP contribution in [0, 0.1) is 17.8 Å². The maximum absolute atomic E-state index is 11.5. The summed E-state index contributed by atoms with van der Waals surface area (Å²) < 4.78 is 0. The van der Waals surface area contributed by atoms with Crippen molar-refractivity contribution in [2.45, 2.75) is 32.6 Å². The summed E-state index contributed by atoms with van der Waals surface area (Å²) in [6.45, 7) is 2.00. The van der Waals surface area contributed by atoms with Gasteiger partial charge >= 0.3 is 5.97 Å². The van der Waals surface area contributed by atoms with Crippen LogP contribution in [0.1, 0.15) is 32.6 Å². The van der Waals surface area contributed by atoms with Crippen LogP contribution in [-0.2, 0) is 9.59 Å². The van der Waals surface area contributed by atoms with Gasteiger partial charge in [0.05, 0.1) is 0 Å². The van der Waals surface area contributed by atoms with Crippen LogP contribution in [0.5, 0.6) is 0 Å². The summed E-state index contributed by atoms with van der Waals surface area (Å²) in [5.41, 5.74) is 0. The summed E-state index contributed by atoms with van der Waals surface area (Å²) in [7, 11) is 0. The summed E-state index contributed by atoms with van der Waals surface area (Å²) in [6, 6.07) is 0. The van der Waals surface area contributed by atoms with Crippen molar-refractivity contribution in [2.75, 3.05) is 13.2 Å². The summed E-state index contributed by atoms with van der Waals surface area (Å²) in [5, 5.41) is 20.6. The van der Waals surface area contributed by atoms with E-state index in [-0.39, 0.29) is 18.4 Å². The van der Waals surface area contributed by atoms with Gasteiger partial charge in [-0.2, -0.15) is 0 Å². The van der Waals surface area contributed by atoms with E-state index in [0.29, 0.717) is 6.54 Å². The number of amides is 1. The van der Waals surface area contributed by atoms with Crippen molar-refractivity contribution in [2.24, 2.45) is 17.8 Å². The molecule has 1 fully saturated rings. The lowest BCUT2D eigenvalue weighted by Crippen LogP contribution is -2.39. The Morgan fingerprint density at radius 1 is 1.29 bits per heavy atom. The van der Waals surface area contributed by atoms with E-state index < -0.39 is 17.8 Å². The zero-order valence-corrected chi connectivity index (χ0v) is 10.2. The normalized spacial score (nSPS) is 26.2. The molecule has 0 aromatic heterocycles. The van der Waals surface area contributed by atoms with Gasteiger partial charge in [0, 0.05) is 13.2 Å². The summed E-state index contributed by atoms with van der Waals surface area (Å²) >= 11 is 0. The molecule has 0 spiro atoms. The van der Waals surface area contributed by atoms with Crippen LogP contribution in [-0.4, -0.2) is 35.2 Å². The van der Waals surface area contributed by atoms with Crippen LogP contribution in [0.4, 0.5) is 0 Å². The van der Waals surface area contributed by atoms with Crippen LogP contribution in [0.3, 0.4) is 0 Å². The van der Waals surface area contributed by atoms with Crippen LogP contribution < -0.4 is 5.32 Å². The number of carbonyl (C=O) groups excluding carboxylic acids is 1. The Morgan fingerprint density at radius 3 is 2.41 bits per heavy atom. The lowest BCUT2D eigenvalue weighted by atomic mass is 9.79. The van der Waals surface area contributed by atoms with Gasteiger partial charge in [-0.05, 0) is 31.6 Å². The Labute approximate surface area is 101 Å². The van der Waals surface area contributed by atoms with E-state index in [0.717, 1.165) is 25.7 Å². The van der Waals surface area contributed by atoms with Gasteiger partial charge in [0.1, 0.15) is 5.92 Å². The van der Waals surface area contributed by atoms with Crippen molar-refractivity contribution < 1.29 is 19.8 Å². The lowest BCUT2D eigenvalue weighted by Gasteiger charge is -2.30. The van der Waals surface area contributed by atoms with Crippen LogP contribution in [0.15, 0.2) is 0 Å². The zero-order chi connectivity index (χ0) is 12.8. The fourth-order valence-electron chi connectivity index (χ4n) is 2.29. The first-order valence-electron chi connectivity index (χ1n) is 6.17. The van der Waals surface area contributed by atoms with E-state index in [2.05, 4.69) is 5.32 Å².